The molecule has 0 atom stereocenters. The molecule has 8 heteroatoms. The Morgan fingerprint density at radius 1 is 1.53 bits per heavy atom. The zero-order valence-electron chi connectivity index (χ0n) is 8.34. The van der Waals surface area contributed by atoms with Crippen LogP contribution in [0.25, 0.3) is 0 Å². The summed E-state index contributed by atoms with van der Waals surface area (Å²) in [5.41, 5.74) is 0. The molecule has 0 spiro atoms. The average molecular weight is 230 g/mol. The van der Waals surface area contributed by atoms with Crippen molar-refractivity contribution in [2.45, 2.75) is 12.1 Å². The predicted octanol–water partition coefficient (Wildman–Crippen LogP) is -0.566. The van der Waals surface area contributed by atoms with Crippen LogP contribution < -0.4 is 0 Å². The summed E-state index contributed by atoms with van der Waals surface area (Å²) in [5, 5.41) is 11.3. The number of hydrogen-bond donors (Lipinski definition) is 0. The van der Waals surface area contributed by atoms with E-state index >= 15 is 0 Å². The van der Waals surface area contributed by atoms with Crippen LogP contribution in [-0.2, 0) is 21.4 Å². The summed E-state index contributed by atoms with van der Waals surface area (Å²) in [6.45, 7) is 1.06. The molecule has 15 heavy (non-hydrogen) atoms. The molecule has 0 amide bonds. The highest BCUT2D eigenvalue weighted by molar-refractivity contribution is 7.99. The molecule has 1 rings (SSSR count). The van der Waals surface area contributed by atoms with Gasteiger partial charge in [0, 0.05) is 14.0 Å². The van der Waals surface area contributed by atoms with Gasteiger partial charge in [0.15, 0.2) is 12.4 Å². The van der Waals surface area contributed by atoms with Gasteiger partial charge < -0.3 is 4.74 Å². The molecule has 0 bridgehead atoms. The number of tetrazole rings is 1. The van der Waals surface area contributed by atoms with Gasteiger partial charge in [-0.2, -0.15) is 0 Å². The number of hydrogen-bond acceptors (Lipinski definition) is 7. The number of aromatic nitrogens is 4. The summed E-state index contributed by atoms with van der Waals surface area (Å²) in [5.74, 6) is -0.464. The fraction of sp³-hybridized carbons (Fsp3) is 0.571. The monoisotopic (exact) mass is 230 g/mol. The van der Waals surface area contributed by atoms with Gasteiger partial charge in [-0.3, -0.25) is 9.59 Å². The third kappa shape index (κ3) is 4.07. The lowest BCUT2D eigenvalue weighted by Gasteiger charge is -2.00. The number of aryl methyl sites for hydroxylation is 1. The van der Waals surface area contributed by atoms with E-state index in [-0.39, 0.29) is 18.1 Å². The normalized spacial score (nSPS) is 10.0. The molecule has 0 saturated heterocycles. The first-order valence-electron chi connectivity index (χ1n) is 4.10. The average Bonchev–Trinajstić information content (AvgIpc) is 2.58. The van der Waals surface area contributed by atoms with Gasteiger partial charge in [-0.1, -0.05) is 11.8 Å². The van der Waals surface area contributed by atoms with Crippen molar-refractivity contribution in [2.75, 3.05) is 12.4 Å². The minimum Gasteiger partial charge on any atom is -0.458 e. The number of esters is 1. The molecule has 0 saturated carbocycles. The Balaban J connectivity index is 2.28. The van der Waals surface area contributed by atoms with Crippen LogP contribution >= 0.6 is 11.8 Å². The van der Waals surface area contributed by atoms with Crippen molar-refractivity contribution < 1.29 is 14.3 Å². The molecule has 0 N–H and O–H groups in total. The number of rotatable bonds is 5. The number of thioether (sulfide) groups is 1. The third-order valence-corrected chi connectivity index (χ3v) is 2.45. The SMILES string of the molecule is CC(=O)OCC(=O)CSc1nnnn1C. The van der Waals surface area contributed by atoms with Gasteiger partial charge in [-0.25, -0.2) is 4.68 Å². The molecular weight excluding hydrogens is 220 g/mol. The molecule has 0 aromatic carbocycles. The highest BCUT2D eigenvalue weighted by Gasteiger charge is 2.08. The van der Waals surface area contributed by atoms with E-state index < -0.39 is 5.97 Å². The molecule has 1 aromatic heterocycles. The lowest BCUT2D eigenvalue weighted by molar-refractivity contribution is -0.145. The van der Waals surface area contributed by atoms with Crippen molar-refractivity contribution in [1.82, 2.24) is 20.2 Å². The second-order valence-electron chi connectivity index (χ2n) is 2.69. The zero-order chi connectivity index (χ0) is 11.3. The highest BCUT2D eigenvalue weighted by atomic mass is 32.2. The Hall–Kier alpha value is -1.44. The van der Waals surface area contributed by atoms with Gasteiger partial charge in [0.2, 0.25) is 5.16 Å². The van der Waals surface area contributed by atoms with Crippen LogP contribution in [0.4, 0.5) is 0 Å². The van der Waals surface area contributed by atoms with Crippen LogP contribution in [-0.4, -0.2) is 44.3 Å². The molecule has 0 aliphatic carbocycles. The fourth-order valence-corrected chi connectivity index (χ4v) is 1.40. The van der Waals surface area contributed by atoms with Crippen LogP contribution in [0.5, 0.6) is 0 Å². The Kier molecular flexibility index (Phi) is 4.22. The lowest BCUT2D eigenvalue weighted by Crippen LogP contribution is -2.13. The lowest BCUT2D eigenvalue weighted by atomic mass is 10.5. The second-order valence-corrected chi connectivity index (χ2v) is 3.64. The Morgan fingerprint density at radius 2 is 2.27 bits per heavy atom. The van der Waals surface area contributed by atoms with Gasteiger partial charge >= 0.3 is 5.97 Å². The van der Waals surface area contributed by atoms with Crippen LogP contribution in [0.3, 0.4) is 0 Å². The van der Waals surface area contributed by atoms with Crippen LogP contribution in [0.1, 0.15) is 6.92 Å². The molecule has 7 nitrogen and oxygen atoms in total. The van der Waals surface area contributed by atoms with Crippen molar-refractivity contribution in [2.24, 2.45) is 7.05 Å². The van der Waals surface area contributed by atoms with Crippen molar-refractivity contribution in [3.8, 4) is 0 Å². The van der Waals surface area contributed by atoms with Crippen LogP contribution in [0.2, 0.25) is 0 Å². The van der Waals surface area contributed by atoms with E-state index in [0.29, 0.717) is 5.16 Å². The number of ether oxygens (including phenoxy) is 1. The molecule has 0 unspecified atom stereocenters. The van der Waals surface area contributed by atoms with E-state index in [2.05, 4.69) is 20.3 Å². The second kappa shape index (κ2) is 5.44. The number of carbonyl (C=O) groups excluding carboxylic acids is 2. The zero-order valence-corrected chi connectivity index (χ0v) is 9.15. The molecule has 1 aromatic rings. The van der Waals surface area contributed by atoms with E-state index in [1.807, 2.05) is 0 Å². The van der Waals surface area contributed by atoms with E-state index in [9.17, 15) is 9.59 Å². The number of Topliss-reactive ketones (excluding diaryl/α,β-unsaturated/α-hetero) is 1. The smallest absolute Gasteiger partial charge is 0.303 e. The Labute approximate surface area is 90.2 Å². The van der Waals surface area contributed by atoms with Gasteiger partial charge in [0.05, 0.1) is 5.75 Å². The topological polar surface area (TPSA) is 87.0 Å². The molecular formula is C7H10N4O3S. The summed E-state index contributed by atoms with van der Waals surface area (Å²) in [6.07, 6.45) is 0. The van der Waals surface area contributed by atoms with Crippen LogP contribution in [0, 0.1) is 0 Å². The summed E-state index contributed by atoms with van der Waals surface area (Å²) in [6, 6.07) is 0. The van der Waals surface area contributed by atoms with Gasteiger partial charge in [-0.15, -0.1) is 5.10 Å². The quantitative estimate of drug-likeness (QED) is 0.494. The largest absolute Gasteiger partial charge is 0.458 e. The first-order valence-corrected chi connectivity index (χ1v) is 5.08. The summed E-state index contributed by atoms with van der Waals surface area (Å²) >= 11 is 1.20. The summed E-state index contributed by atoms with van der Waals surface area (Å²) in [7, 11) is 1.68. The first kappa shape index (κ1) is 11.6. The molecule has 1 heterocycles. The fourth-order valence-electron chi connectivity index (χ4n) is 0.712. The van der Waals surface area contributed by atoms with Gasteiger partial charge in [0.1, 0.15) is 0 Å². The number of carbonyl (C=O) groups is 2. The summed E-state index contributed by atoms with van der Waals surface area (Å²) in [4.78, 5) is 21.6. The maximum Gasteiger partial charge on any atom is 0.303 e. The van der Waals surface area contributed by atoms with Gasteiger partial charge in [0.25, 0.3) is 0 Å². The summed E-state index contributed by atoms with van der Waals surface area (Å²) < 4.78 is 6.01. The molecule has 0 fully saturated rings. The van der Waals surface area contributed by atoms with Crippen molar-refractivity contribution in [1.29, 1.82) is 0 Å². The van der Waals surface area contributed by atoms with E-state index in [1.54, 1.807) is 7.05 Å². The maximum atomic E-state index is 11.2. The standard InChI is InChI=1S/C7H10N4O3S/c1-5(12)14-3-6(13)4-15-7-8-9-10-11(7)2/h3-4H2,1-2H3. The van der Waals surface area contributed by atoms with E-state index in [4.69, 9.17) is 0 Å². The highest BCUT2D eigenvalue weighted by Crippen LogP contribution is 2.11. The van der Waals surface area contributed by atoms with Gasteiger partial charge in [-0.05, 0) is 10.4 Å². The molecule has 0 aliphatic heterocycles. The predicted molar refractivity (Wildman–Crippen MR) is 51.2 cm³/mol. The Morgan fingerprint density at radius 3 is 2.80 bits per heavy atom. The number of nitrogens with zero attached hydrogens (tertiary/aromatic N) is 4. The Bertz CT molecular complexity index is 365. The molecule has 0 radical (unpaired) electrons. The first-order chi connectivity index (χ1) is 7.09. The minimum absolute atomic E-state index is 0.182. The third-order valence-electron chi connectivity index (χ3n) is 1.38. The van der Waals surface area contributed by atoms with Crippen molar-refractivity contribution in [3.05, 3.63) is 0 Å². The minimum atomic E-state index is -0.464. The van der Waals surface area contributed by atoms with Crippen molar-refractivity contribution in [3.63, 3.8) is 0 Å². The maximum absolute atomic E-state index is 11.2. The molecule has 0 aliphatic rings. The van der Waals surface area contributed by atoms with E-state index in [1.165, 1.54) is 23.4 Å². The van der Waals surface area contributed by atoms with Crippen LogP contribution in [0.15, 0.2) is 5.16 Å². The molecule has 82 valence electrons. The van der Waals surface area contributed by atoms with E-state index in [0.717, 1.165) is 0 Å². The van der Waals surface area contributed by atoms with Crippen molar-refractivity contribution >= 4 is 23.5 Å². The number of ketones is 1.